The maximum Gasteiger partial charge on any atom is 0.273 e. The molecule has 0 amide bonds. The molecule has 0 aliphatic heterocycles. The summed E-state index contributed by atoms with van der Waals surface area (Å²) in [5.41, 5.74) is 7.47. The Labute approximate surface area is 145 Å². The molecule has 25 heavy (non-hydrogen) atoms. The summed E-state index contributed by atoms with van der Waals surface area (Å²) in [6, 6.07) is 17.9. The molecule has 0 saturated carbocycles. The first-order valence-corrected chi connectivity index (χ1v) is 8.29. The van der Waals surface area contributed by atoms with Crippen LogP contribution in [0.2, 0.25) is 0 Å². The molecule has 4 aromatic rings. The molecular formula is C21H19N3O. The highest BCUT2D eigenvalue weighted by Gasteiger charge is 2.15. The predicted molar refractivity (Wildman–Crippen MR) is 101 cm³/mol. The first kappa shape index (κ1) is 15.4. The number of nitrogens with one attached hydrogen (secondary N) is 1. The number of aromatic nitrogens is 3. The molecule has 0 fully saturated rings. The fraction of sp³-hybridized carbons (Fsp3) is 0.143. The molecule has 0 bridgehead atoms. The topological polar surface area (TPSA) is 50.2 Å². The minimum absolute atomic E-state index is 0.108. The Morgan fingerprint density at radius 2 is 1.52 bits per heavy atom. The summed E-state index contributed by atoms with van der Waals surface area (Å²) in [7, 11) is 0. The monoisotopic (exact) mass is 329 g/mol. The van der Waals surface area contributed by atoms with Crippen molar-refractivity contribution in [3.8, 4) is 22.4 Å². The van der Waals surface area contributed by atoms with Crippen molar-refractivity contribution in [3.05, 3.63) is 81.8 Å². The van der Waals surface area contributed by atoms with E-state index in [0.717, 1.165) is 27.9 Å². The van der Waals surface area contributed by atoms with Gasteiger partial charge in [-0.15, -0.1) is 0 Å². The van der Waals surface area contributed by atoms with Crippen LogP contribution in [0, 0.1) is 20.8 Å². The van der Waals surface area contributed by atoms with E-state index < -0.39 is 0 Å². The largest absolute Gasteiger partial charge is 0.293 e. The van der Waals surface area contributed by atoms with Crippen LogP contribution in [-0.4, -0.2) is 14.6 Å². The molecular weight excluding hydrogens is 310 g/mol. The van der Waals surface area contributed by atoms with Crippen molar-refractivity contribution in [1.29, 1.82) is 0 Å². The number of aromatic amines is 1. The maximum atomic E-state index is 12.6. The van der Waals surface area contributed by atoms with Gasteiger partial charge in [0.2, 0.25) is 0 Å². The molecule has 2 aromatic carbocycles. The van der Waals surface area contributed by atoms with Crippen LogP contribution in [0.15, 0.2) is 59.4 Å². The van der Waals surface area contributed by atoms with Crippen LogP contribution in [0.25, 0.3) is 28.0 Å². The molecule has 0 aliphatic carbocycles. The first-order valence-electron chi connectivity index (χ1n) is 8.29. The second-order valence-corrected chi connectivity index (χ2v) is 6.49. The fourth-order valence-electron chi connectivity index (χ4n) is 3.25. The third-order valence-corrected chi connectivity index (χ3v) is 4.42. The van der Waals surface area contributed by atoms with E-state index in [1.807, 2.05) is 44.2 Å². The van der Waals surface area contributed by atoms with Crippen LogP contribution < -0.4 is 5.56 Å². The van der Waals surface area contributed by atoms with Gasteiger partial charge in [-0.25, -0.2) is 9.50 Å². The normalized spacial score (nSPS) is 11.2. The molecule has 0 saturated heterocycles. The number of nitrogens with zero attached hydrogens (tertiary/aromatic N) is 2. The Bertz CT molecular complexity index is 1150. The lowest BCUT2D eigenvalue weighted by atomic mass is 10.0. The zero-order chi connectivity index (χ0) is 17.6. The van der Waals surface area contributed by atoms with Crippen LogP contribution in [0.3, 0.4) is 0 Å². The van der Waals surface area contributed by atoms with Gasteiger partial charge in [0.1, 0.15) is 0 Å². The van der Waals surface area contributed by atoms with Crippen molar-refractivity contribution in [2.24, 2.45) is 0 Å². The van der Waals surface area contributed by atoms with Gasteiger partial charge in [0.25, 0.3) is 5.56 Å². The smallest absolute Gasteiger partial charge is 0.273 e. The third-order valence-electron chi connectivity index (χ3n) is 4.42. The molecule has 0 unspecified atom stereocenters. The Kier molecular flexibility index (Phi) is 3.53. The number of rotatable bonds is 2. The lowest BCUT2D eigenvalue weighted by Crippen LogP contribution is -2.14. The van der Waals surface area contributed by atoms with E-state index in [9.17, 15) is 4.79 Å². The lowest BCUT2D eigenvalue weighted by Gasteiger charge is -2.05. The van der Waals surface area contributed by atoms with Crippen LogP contribution in [0.5, 0.6) is 0 Å². The minimum Gasteiger partial charge on any atom is -0.293 e. The first-order chi connectivity index (χ1) is 12.0. The molecule has 4 nitrogen and oxygen atoms in total. The number of benzene rings is 2. The van der Waals surface area contributed by atoms with Crippen molar-refractivity contribution in [2.75, 3.05) is 0 Å². The zero-order valence-corrected chi connectivity index (χ0v) is 14.5. The quantitative estimate of drug-likeness (QED) is 0.597. The zero-order valence-electron chi connectivity index (χ0n) is 14.5. The molecule has 4 heteroatoms. The summed E-state index contributed by atoms with van der Waals surface area (Å²) in [6.45, 7) is 6.07. The van der Waals surface area contributed by atoms with Gasteiger partial charge in [-0.1, -0.05) is 53.6 Å². The van der Waals surface area contributed by atoms with Crippen LogP contribution in [0.4, 0.5) is 0 Å². The van der Waals surface area contributed by atoms with Crippen molar-refractivity contribution in [2.45, 2.75) is 20.8 Å². The number of hydrogen-bond acceptors (Lipinski definition) is 2. The highest BCUT2D eigenvalue weighted by atomic mass is 16.1. The van der Waals surface area contributed by atoms with E-state index in [0.29, 0.717) is 11.3 Å². The molecule has 0 aliphatic rings. The van der Waals surface area contributed by atoms with E-state index >= 15 is 0 Å². The summed E-state index contributed by atoms with van der Waals surface area (Å²) in [5.74, 6) is 0. The predicted octanol–water partition coefficient (Wildman–Crippen LogP) is 4.28. The van der Waals surface area contributed by atoms with Crippen LogP contribution in [-0.2, 0) is 0 Å². The number of H-pyrrole nitrogens is 1. The van der Waals surface area contributed by atoms with E-state index in [1.54, 1.807) is 6.07 Å². The summed E-state index contributed by atoms with van der Waals surface area (Å²) < 4.78 is 1.52. The molecule has 0 atom stereocenters. The van der Waals surface area contributed by atoms with Crippen molar-refractivity contribution in [1.82, 2.24) is 14.6 Å². The van der Waals surface area contributed by atoms with Gasteiger partial charge in [-0.3, -0.25) is 9.89 Å². The minimum atomic E-state index is -0.108. The molecule has 4 rings (SSSR count). The Morgan fingerprint density at radius 3 is 2.20 bits per heavy atom. The highest BCUT2D eigenvalue weighted by molar-refractivity contribution is 5.81. The number of aryl methyl sites for hydroxylation is 3. The summed E-state index contributed by atoms with van der Waals surface area (Å²) >= 11 is 0. The van der Waals surface area contributed by atoms with Gasteiger partial charge in [0.05, 0.1) is 5.69 Å². The van der Waals surface area contributed by atoms with E-state index in [-0.39, 0.29) is 5.56 Å². The second-order valence-electron chi connectivity index (χ2n) is 6.49. The molecule has 124 valence electrons. The van der Waals surface area contributed by atoms with E-state index in [2.05, 4.69) is 30.2 Å². The SMILES string of the molecule is Cc1cccc(-c2cc(=O)n3[nH]c(C)c(-c4cccc(C)c4)c3n2)c1. The van der Waals surface area contributed by atoms with E-state index in [4.69, 9.17) is 4.98 Å². The average Bonchev–Trinajstić information content (AvgIpc) is 2.91. The van der Waals surface area contributed by atoms with Crippen molar-refractivity contribution >= 4 is 5.65 Å². The second kappa shape index (κ2) is 5.74. The Balaban J connectivity index is 2.02. The Hall–Kier alpha value is -3.14. The van der Waals surface area contributed by atoms with Gasteiger partial charge in [-0.05, 0) is 32.4 Å². The molecule has 0 spiro atoms. The maximum absolute atomic E-state index is 12.6. The summed E-state index contributed by atoms with van der Waals surface area (Å²) in [6.07, 6.45) is 0. The molecule has 1 N–H and O–H groups in total. The van der Waals surface area contributed by atoms with Crippen molar-refractivity contribution < 1.29 is 0 Å². The third kappa shape index (κ3) is 2.66. The Morgan fingerprint density at radius 1 is 0.880 bits per heavy atom. The molecule has 2 heterocycles. The van der Waals surface area contributed by atoms with E-state index in [1.165, 1.54) is 10.1 Å². The van der Waals surface area contributed by atoms with Crippen LogP contribution in [0.1, 0.15) is 16.8 Å². The van der Waals surface area contributed by atoms with Gasteiger partial charge < -0.3 is 0 Å². The van der Waals surface area contributed by atoms with Gasteiger partial charge in [0, 0.05) is 22.9 Å². The molecule has 0 radical (unpaired) electrons. The number of hydrogen-bond donors (Lipinski definition) is 1. The highest BCUT2D eigenvalue weighted by Crippen LogP contribution is 2.28. The summed E-state index contributed by atoms with van der Waals surface area (Å²) in [5, 5.41) is 3.15. The van der Waals surface area contributed by atoms with Gasteiger partial charge >= 0.3 is 0 Å². The fourth-order valence-corrected chi connectivity index (χ4v) is 3.25. The van der Waals surface area contributed by atoms with Crippen LogP contribution >= 0.6 is 0 Å². The summed E-state index contributed by atoms with van der Waals surface area (Å²) in [4.78, 5) is 17.4. The number of fused-ring (bicyclic) bond motifs is 1. The van der Waals surface area contributed by atoms with Crippen molar-refractivity contribution in [3.63, 3.8) is 0 Å². The standard InChI is InChI=1S/C21H19N3O/c1-13-6-4-8-16(10-13)18-12-19(25)24-21(22-18)20(15(3)23-24)17-9-5-7-14(2)11-17/h4-12,23H,1-3H3. The molecule has 2 aromatic heterocycles. The lowest BCUT2D eigenvalue weighted by molar-refractivity contribution is 0.882. The van der Waals surface area contributed by atoms with Gasteiger partial charge in [0.15, 0.2) is 5.65 Å². The van der Waals surface area contributed by atoms with Gasteiger partial charge in [-0.2, -0.15) is 0 Å². The average molecular weight is 329 g/mol.